The zero-order valence-electron chi connectivity index (χ0n) is 21.4. The molecule has 8 rings (SSSR count). The first-order chi connectivity index (χ1) is 19.1. The highest BCUT2D eigenvalue weighted by Gasteiger charge is 2.54. The number of rotatable bonds is 7. The maximum atomic E-state index is 13.0. The van der Waals surface area contributed by atoms with E-state index >= 15 is 0 Å². The zero-order chi connectivity index (χ0) is 26.4. The first kappa shape index (κ1) is 24.2. The Morgan fingerprint density at radius 1 is 0.923 bits per heavy atom. The van der Waals surface area contributed by atoms with Gasteiger partial charge in [-0.1, -0.05) is 72.4 Å². The van der Waals surface area contributed by atoms with Crippen molar-refractivity contribution in [3.8, 4) is 28.5 Å². The lowest BCUT2D eigenvalue weighted by Gasteiger charge is -2.55. The van der Waals surface area contributed by atoms with Crippen LogP contribution < -0.4 is 5.32 Å². The number of nitrogens with zero attached hydrogens (tertiary/aromatic N) is 3. The standard InChI is InChI=1S/C31H28N4O3S/c32-17-24-26(22-7-3-1-4-8-22)27(23-9-5-2-6-10-23)37-28(24)33-25(36)18-39-30-35-34-29(38-30)31-14-19-11-20(15-31)13-21(12-19)16-31/h1-10,19-21H,11-16,18H2,(H,33,36). The van der Waals surface area contributed by atoms with Crippen LogP contribution in [0.3, 0.4) is 0 Å². The van der Waals surface area contributed by atoms with Crippen molar-refractivity contribution >= 4 is 23.6 Å². The van der Waals surface area contributed by atoms with Crippen molar-refractivity contribution in [2.24, 2.45) is 17.8 Å². The average Bonchev–Trinajstić information content (AvgIpc) is 3.58. The quantitative estimate of drug-likeness (QED) is 0.252. The fourth-order valence-electron chi connectivity index (χ4n) is 7.44. The first-order valence-electron chi connectivity index (χ1n) is 13.5. The van der Waals surface area contributed by atoms with Gasteiger partial charge < -0.3 is 8.83 Å². The lowest BCUT2D eigenvalue weighted by atomic mass is 9.49. The van der Waals surface area contributed by atoms with Gasteiger partial charge in [0, 0.05) is 16.5 Å². The molecular formula is C31H28N4O3S. The summed E-state index contributed by atoms with van der Waals surface area (Å²) in [5.41, 5.74) is 2.64. The van der Waals surface area contributed by atoms with Crippen molar-refractivity contribution in [2.45, 2.75) is 49.2 Å². The van der Waals surface area contributed by atoms with Gasteiger partial charge in [0.1, 0.15) is 17.4 Å². The van der Waals surface area contributed by atoms with Crippen molar-refractivity contribution in [1.29, 1.82) is 5.26 Å². The summed E-state index contributed by atoms with van der Waals surface area (Å²) in [6.45, 7) is 0. The lowest BCUT2D eigenvalue weighted by molar-refractivity contribution is -0.113. The number of hydrogen-bond acceptors (Lipinski definition) is 7. The molecule has 2 aromatic carbocycles. The predicted octanol–water partition coefficient (Wildman–Crippen LogP) is 7.07. The number of thioether (sulfide) groups is 1. The van der Waals surface area contributed by atoms with Crippen molar-refractivity contribution < 1.29 is 13.6 Å². The Morgan fingerprint density at radius 3 is 2.15 bits per heavy atom. The van der Waals surface area contributed by atoms with Gasteiger partial charge in [-0.3, -0.25) is 10.1 Å². The van der Waals surface area contributed by atoms with Crippen LogP contribution in [0.1, 0.15) is 50.0 Å². The molecule has 4 fully saturated rings. The van der Waals surface area contributed by atoms with E-state index < -0.39 is 0 Å². The van der Waals surface area contributed by atoms with Crippen LogP contribution in [-0.2, 0) is 10.2 Å². The van der Waals surface area contributed by atoms with E-state index in [1.807, 2.05) is 60.7 Å². The number of aromatic nitrogens is 2. The van der Waals surface area contributed by atoms with Gasteiger partial charge in [-0.2, -0.15) is 5.26 Å². The number of benzene rings is 2. The van der Waals surface area contributed by atoms with E-state index in [0.717, 1.165) is 54.0 Å². The van der Waals surface area contributed by atoms with E-state index in [0.29, 0.717) is 22.1 Å². The third-order valence-electron chi connectivity index (χ3n) is 8.60. The van der Waals surface area contributed by atoms with Gasteiger partial charge >= 0.3 is 0 Å². The summed E-state index contributed by atoms with van der Waals surface area (Å²) in [7, 11) is 0. The molecule has 2 heterocycles. The van der Waals surface area contributed by atoms with Crippen LogP contribution in [-0.4, -0.2) is 21.9 Å². The molecule has 0 aliphatic heterocycles. The lowest BCUT2D eigenvalue weighted by Crippen LogP contribution is -2.48. The average molecular weight is 537 g/mol. The topological polar surface area (TPSA) is 105 Å². The van der Waals surface area contributed by atoms with Crippen molar-refractivity contribution in [2.75, 3.05) is 11.1 Å². The third kappa shape index (κ3) is 4.45. The predicted molar refractivity (Wildman–Crippen MR) is 148 cm³/mol. The summed E-state index contributed by atoms with van der Waals surface area (Å²) in [6.07, 6.45) is 7.50. The normalized spacial score (nSPS) is 24.9. The Kier molecular flexibility index (Phi) is 6.04. The molecule has 2 aromatic heterocycles. The third-order valence-corrected chi connectivity index (χ3v) is 9.42. The summed E-state index contributed by atoms with van der Waals surface area (Å²) < 4.78 is 12.3. The summed E-state index contributed by atoms with van der Waals surface area (Å²) >= 11 is 1.21. The smallest absolute Gasteiger partial charge is 0.277 e. The Bertz CT molecular complexity index is 1520. The second-order valence-corrected chi connectivity index (χ2v) is 12.2. The maximum Gasteiger partial charge on any atom is 0.277 e. The molecule has 0 saturated heterocycles. The van der Waals surface area contributed by atoms with Gasteiger partial charge in [-0.25, -0.2) is 0 Å². The molecule has 0 unspecified atom stereocenters. The molecule has 8 heteroatoms. The number of amides is 1. The van der Waals surface area contributed by atoms with Crippen molar-refractivity contribution in [3.63, 3.8) is 0 Å². The van der Waals surface area contributed by atoms with Gasteiger partial charge in [-0.15, -0.1) is 10.2 Å². The van der Waals surface area contributed by atoms with Crippen LogP contribution in [0.15, 0.2) is 74.7 Å². The maximum absolute atomic E-state index is 13.0. The van der Waals surface area contributed by atoms with E-state index in [-0.39, 0.29) is 23.0 Å². The SMILES string of the molecule is N#Cc1c(NC(=O)CSc2nnc(C34CC5CC(CC(C5)C3)C4)o2)oc(-c2ccccc2)c1-c1ccccc1. The molecular weight excluding hydrogens is 508 g/mol. The second kappa shape index (κ2) is 9.73. The van der Waals surface area contributed by atoms with Gasteiger partial charge in [-0.05, 0) is 61.8 Å². The van der Waals surface area contributed by atoms with E-state index in [4.69, 9.17) is 8.83 Å². The minimum Gasteiger partial charge on any atom is -0.438 e. The molecule has 0 spiro atoms. The Labute approximate surface area is 231 Å². The highest BCUT2D eigenvalue weighted by Crippen LogP contribution is 2.60. The molecule has 196 valence electrons. The molecule has 4 saturated carbocycles. The number of nitriles is 1. The number of carbonyl (C=O) groups is 1. The first-order valence-corrected chi connectivity index (χ1v) is 14.5. The van der Waals surface area contributed by atoms with Crippen LogP contribution in [0.2, 0.25) is 0 Å². The van der Waals surface area contributed by atoms with Gasteiger partial charge in [0.15, 0.2) is 0 Å². The molecule has 7 nitrogen and oxygen atoms in total. The van der Waals surface area contributed by atoms with Crippen LogP contribution in [0.4, 0.5) is 5.88 Å². The largest absolute Gasteiger partial charge is 0.438 e. The monoisotopic (exact) mass is 536 g/mol. The van der Waals surface area contributed by atoms with Crippen molar-refractivity contribution in [1.82, 2.24) is 10.2 Å². The molecule has 1 amide bonds. The van der Waals surface area contributed by atoms with Crippen LogP contribution in [0, 0.1) is 29.1 Å². The second-order valence-electron chi connectivity index (χ2n) is 11.3. The summed E-state index contributed by atoms with van der Waals surface area (Å²) in [6, 6.07) is 21.4. The summed E-state index contributed by atoms with van der Waals surface area (Å²) in [4.78, 5) is 13.0. The molecule has 1 N–H and O–H groups in total. The number of anilines is 1. The van der Waals surface area contributed by atoms with E-state index in [9.17, 15) is 10.1 Å². The van der Waals surface area contributed by atoms with Gasteiger partial charge in [0.05, 0.1) is 5.75 Å². The fraction of sp³-hybridized carbons (Fsp3) is 0.355. The zero-order valence-corrected chi connectivity index (χ0v) is 22.2. The van der Waals surface area contributed by atoms with Gasteiger partial charge in [0.25, 0.3) is 5.22 Å². The van der Waals surface area contributed by atoms with E-state index in [1.165, 1.54) is 31.0 Å². The molecule has 4 aliphatic carbocycles. The summed E-state index contributed by atoms with van der Waals surface area (Å²) in [5.74, 6) is 3.55. The molecule has 4 aliphatic rings. The number of furan rings is 1. The highest BCUT2D eigenvalue weighted by molar-refractivity contribution is 7.99. The van der Waals surface area contributed by atoms with Crippen molar-refractivity contribution in [3.05, 3.63) is 72.1 Å². The van der Waals surface area contributed by atoms with Crippen LogP contribution >= 0.6 is 11.8 Å². The Balaban J connectivity index is 1.09. The molecule has 39 heavy (non-hydrogen) atoms. The molecule has 0 radical (unpaired) electrons. The van der Waals surface area contributed by atoms with E-state index in [2.05, 4.69) is 21.6 Å². The Morgan fingerprint density at radius 2 is 1.54 bits per heavy atom. The van der Waals surface area contributed by atoms with Gasteiger partial charge in [0.2, 0.25) is 17.7 Å². The number of nitrogens with one attached hydrogen (secondary N) is 1. The number of carbonyl (C=O) groups excluding carboxylic acids is 1. The minimum atomic E-state index is -0.306. The highest BCUT2D eigenvalue weighted by atomic mass is 32.2. The molecule has 4 bridgehead atoms. The fourth-order valence-corrected chi connectivity index (χ4v) is 8.01. The summed E-state index contributed by atoms with van der Waals surface area (Å²) in [5, 5.41) is 22.0. The Hall–Kier alpha value is -3.83. The minimum absolute atomic E-state index is 0.0281. The van der Waals surface area contributed by atoms with E-state index in [1.54, 1.807) is 0 Å². The van der Waals surface area contributed by atoms with Crippen LogP contribution in [0.25, 0.3) is 22.5 Å². The van der Waals surface area contributed by atoms with Crippen LogP contribution in [0.5, 0.6) is 0 Å². The molecule has 4 aromatic rings. The molecule has 0 atom stereocenters. The number of hydrogen-bond donors (Lipinski definition) is 1.